The van der Waals surface area contributed by atoms with Gasteiger partial charge in [0, 0.05) is 12.7 Å². The van der Waals surface area contributed by atoms with Crippen LogP contribution in [0.2, 0.25) is 0 Å². The van der Waals surface area contributed by atoms with Crippen molar-refractivity contribution in [2.75, 3.05) is 18.4 Å². The van der Waals surface area contributed by atoms with Gasteiger partial charge in [0.2, 0.25) is 5.91 Å². The molecule has 0 saturated carbocycles. The Morgan fingerprint density at radius 2 is 2.50 bits per heavy atom. The summed E-state index contributed by atoms with van der Waals surface area (Å²) in [7, 11) is 0. The molecule has 1 amide bonds. The summed E-state index contributed by atoms with van der Waals surface area (Å²) in [6, 6.07) is 5.47. The molecular formula is C10H13N3O. The molecule has 14 heavy (non-hydrogen) atoms. The maximum Gasteiger partial charge on any atom is 0.229 e. The molecule has 0 spiro atoms. The molecule has 4 heteroatoms. The van der Waals surface area contributed by atoms with Crippen molar-refractivity contribution in [1.82, 2.24) is 10.3 Å². The van der Waals surface area contributed by atoms with Gasteiger partial charge in [0.05, 0.1) is 5.92 Å². The molecule has 1 fully saturated rings. The molecule has 1 aromatic rings. The van der Waals surface area contributed by atoms with E-state index in [2.05, 4.69) is 15.6 Å². The molecule has 1 aromatic heterocycles. The highest BCUT2D eigenvalue weighted by atomic mass is 16.2. The zero-order chi connectivity index (χ0) is 9.80. The van der Waals surface area contributed by atoms with E-state index in [9.17, 15) is 4.79 Å². The van der Waals surface area contributed by atoms with E-state index in [4.69, 9.17) is 0 Å². The Labute approximate surface area is 82.7 Å². The molecule has 1 saturated heterocycles. The maximum absolute atomic E-state index is 11.6. The lowest BCUT2D eigenvalue weighted by atomic mass is 10.1. The number of nitrogens with one attached hydrogen (secondary N) is 2. The average Bonchev–Trinajstić information content (AvgIpc) is 2.72. The Balaban J connectivity index is 1.94. The normalized spacial score (nSPS) is 20.7. The number of rotatable bonds is 2. The number of hydrogen-bond donors (Lipinski definition) is 2. The SMILES string of the molecule is O=C(Nc1ccccn1)[C@@H]1CCNC1. The molecule has 0 aromatic carbocycles. The van der Waals surface area contributed by atoms with Crippen molar-refractivity contribution in [3.63, 3.8) is 0 Å². The Bertz CT molecular complexity index is 306. The summed E-state index contributed by atoms with van der Waals surface area (Å²) >= 11 is 0. The lowest BCUT2D eigenvalue weighted by Crippen LogP contribution is -2.24. The minimum absolute atomic E-state index is 0.0636. The van der Waals surface area contributed by atoms with Crippen LogP contribution in [-0.4, -0.2) is 24.0 Å². The highest BCUT2D eigenvalue weighted by Crippen LogP contribution is 2.10. The van der Waals surface area contributed by atoms with Crippen LogP contribution in [0.3, 0.4) is 0 Å². The number of anilines is 1. The summed E-state index contributed by atoms with van der Waals surface area (Å²) in [5.41, 5.74) is 0. The molecule has 0 bridgehead atoms. The molecule has 0 radical (unpaired) electrons. The van der Waals surface area contributed by atoms with Crippen molar-refractivity contribution in [3.05, 3.63) is 24.4 Å². The molecule has 2 heterocycles. The van der Waals surface area contributed by atoms with Gasteiger partial charge in [-0.3, -0.25) is 4.79 Å². The van der Waals surface area contributed by atoms with E-state index >= 15 is 0 Å². The van der Waals surface area contributed by atoms with E-state index in [1.54, 1.807) is 12.3 Å². The molecular weight excluding hydrogens is 178 g/mol. The zero-order valence-corrected chi connectivity index (χ0v) is 7.86. The predicted octanol–water partition coefficient (Wildman–Crippen LogP) is 0.630. The van der Waals surface area contributed by atoms with Gasteiger partial charge in [-0.25, -0.2) is 4.98 Å². The van der Waals surface area contributed by atoms with Gasteiger partial charge in [-0.15, -0.1) is 0 Å². The van der Waals surface area contributed by atoms with E-state index in [-0.39, 0.29) is 11.8 Å². The van der Waals surface area contributed by atoms with Crippen LogP contribution < -0.4 is 10.6 Å². The Morgan fingerprint density at radius 1 is 1.57 bits per heavy atom. The highest BCUT2D eigenvalue weighted by molar-refractivity contribution is 5.91. The molecule has 0 aliphatic carbocycles. The summed E-state index contributed by atoms with van der Waals surface area (Å²) in [6.07, 6.45) is 2.58. The van der Waals surface area contributed by atoms with E-state index in [1.165, 1.54) is 0 Å². The summed E-state index contributed by atoms with van der Waals surface area (Å²) in [5.74, 6) is 0.787. The van der Waals surface area contributed by atoms with Crippen LogP contribution in [0, 0.1) is 5.92 Å². The second kappa shape index (κ2) is 4.19. The van der Waals surface area contributed by atoms with Crippen LogP contribution >= 0.6 is 0 Å². The van der Waals surface area contributed by atoms with Gasteiger partial charge >= 0.3 is 0 Å². The van der Waals surface area contributed by atoms with Gasteiger partial charge in [0.15, 0.2) is 0 Å². The lowest BCUT2D eigenvalue weighted by Gasteiger charge is -2.08. The second-order valence-electron chi connectivity index (χ2n) is 3.39. The largest absolute Gasteiger partial charge is 0.316 e. The molecule has 1 aliphatic rings. The minimum atomic E-state index is 0.0636. The summed E-state index contributed by atoms with van der Waals surface area (Å²) < 4.78 is 0. The molecule has 1 aliphatic heterocycles. The number of aromatic nitrogens is 1. The van der Waals surface area contributed by atoms with E-state index in [1.807, 2.05) is 12.1 Å². The van der Waals surface area contributed by atoms with Crippen LogP contribution in [-0.2, 0) is 4.79 Å². The van der Waals surface area contributed by atoms with Gasteiger partial charge in [0.1, 0.15) is 5.82 Å². The van der Waals surface area contributed by atoms with Crippen molar-refractivity contribution in [2.24, 2.45) is 5.92 Å². The zero-order valence-electron chi connectivity index (χ0n) is 7.86. The van der Waals surface area contributed by atoms with Gasteiger partial charge < -0.3 is 10.6 Å². The van der Waals surface area contributed by atoms with E-state index < -0.39 is 0 Å². The molecule has 1 atom stereocenters. The monoisotopic (exact) mass is 191 g/mol. The van der Waals surface area contributed by atoms with Gasteiger partial charge in [-0.2, -0.15) is 0 Å². The third-order valence-corrected chi connectivity index (χ3v) is 2.35. The summed E-state index contributed by atoms with van der Waals surface area (Å²) in [5, 5.41) is 5.95. The van der Waals surface area contributed by atoms with Crippen molar-refractivity contribution in [1.29, 1.82) is 0 Å². The molecule has 74 valence electrons. The molecule has 2 N–H and O–H groups in total. The number of carbonyl (C=O) groups excluding carboxylic acids is 1. The Morgan fingerprint density at radius 3 is 3.14 bits per heavy atom. The van der Waals surface area contributed by atoms with Crippen LogP contribution in [0.25, 0.3) is 0 Å². The van der Waals surface area contributed by atoms with E-state index in [0.29, 0.717) is 5.82 Å². The standard InChI is InChI=1S/C10H13N3O/c14-10(8-4-6-11-7-8)13-9-3-1-2-5-12-9/h1-3,5,8,11H,4,6-7H2,(H,12,13,14)/t8-/m1/s1. The fraction of sp³-hybridized carbons (Fsp3) is 0.400. The first-order chi connectivity index (χ1) is 6.86. The fourth-order valence-electron chi connectivity index (χ4n) is 1.54. The van der Waals surface area contributed by atoms with Gasteiger partial charge in [-0.05, 0) is 25.1 Å². The maximum atomic E-state index is 11.6. The number of hydrogen-bond acceptors (Lipinski definition) is 3. The summed E-state index contributed by atoms with van der Waals surface area (Å²) in [6.45, 7) is 1.71. The topological polar surface area (TPSA) is 54.0 Å². The van der Waals surface area contributed by atoms with Crippen LogP contribution in [0.4, 0.5) is 5.82 Å². The second-order valence-corrected chi connectivity index (χ2v) is 3.39. The van der Waals surface area contributed by atoms with Gasteiger partial charge in [-0.1, -0.05) is 6.07 Å². The minimum Gasteiger partial charge on any atom is -0.316 e. The predicted molar refractivity (Wildman–Crippen MR) is 53.8 cm³/mol. The first-order valence-corrected chi connectivity index (χ1v) is 4.79. The van der Waals surface area contributed by atoms with Crippen molar-refractivity contribution < 1.29 is 4.79 Å². The van der Waals surface area contributed by atoms with Crippen LogP contribution in [0.1, 0.15) is 6.42 Å². The lowest BCUT2D eigenvalue weighted by molar-refractivity contribution is -0.119. The Kier molecular flexibility index (Phi) is 2.74. The van der Waals surface area contributed by atoms with Crippen molar-refractivity contribution >= 4 is 11.7 Å². The first-order valence-electron chi connectivity index (χ1n) is 4.79. The molecule has 0 unspecified atom stereocenters. The van der Waals surface area contributed by atoms with E-state index in [0.717, 1.165) is 19.5 Å². The molecule has 4 nitrogen and oxygen atoms in total. The van der Waals surface area contributed by atoms with Crippen LogP contribution in [0.15, 0.2) is 24.4 Å². The quantitative estimate of drug-likeness (QED) is 0.721. The number of carbonyl (C=O) groups is 1. The summed E-state index contributed by atoms with van der Waals surface area (Å²) in [4.78, 5) is 15.7. The number of pyridine rings is 1. The highest BCUT2D eigenvalue weighted by Gasteiger charge is 2.22. The third-order valence-electron chi connectivity index (χ3n) is 2.35. The van der Waals surface area contributed by atoms with Crippen molar-refractivity contribution in [2.45, 2.75) is 6.42 Å². The first kappa shape index (κ1) is 9.15. The number of nitrogens with zero attached hydrogens (tertiary/aromatic N) is 1. The smallest absolute Gasteiger partial charge is 0.229 e. The van der Waals surface area contributed by atoms with Crippen LogP contribution in [0.5, 0.6) is 0 Å². The number of amides is 1. The van der Waals surface area contributed by atoms with Crippen molar-refractivity contribution in [3.8, 4) is 0 Å². The average molecular weight is 191 g/mol. The molecule has 2 rings (SSSR count). The van der Waals surface area contributed by atoms with Gasteiger partial charge in [0.25, 0.3) is 0 Å². The third kappa shape index (κ3) is 2.09. The fourth-order valence-corrected chi connectivity index (χ4v) is 1.54. The Hall–Kier alpha value is -1.42.